The van der Waals surface area contributed by atoms with E-state index in [1.165, 1.54) is 18.5 Å². The van der Waals surface area contributed by atoms with Gasteiger partial charge in [0.1, 0.15) is 12.1 Å². The summed E-state index contributed by atoms with van der Waals surface area (Å²) in [5.41, 5.74) is 8.55. The van der Waals surface area contributed by atoms with Crippen molar-refractivity contribution in [2.45, 2.75) is 0 Å². The van der Waals surface area contributed by atoms with Crippen molar-refractivity contribution in [2.75, 3.05) is 5.73 Å². The Morgan fingerprint density at radius 2 is 1.83 bits per heavy atom. The van der Waals surface area contributed by atoms with E-state index in [0.717, 1.165) is 5.39 Å². The van der Waals surface area contributed by atoms with Crippen molar-refractivity contribution < 1.29 is 4.39 Å². The lowest BCUT2D eigenvalue weighted by molar-refractivity contribution is 0.628. The van der Waals surface area contributed by atoms with Crippen molar-refractivity contribution in [3.63, 3.8) is 0 Å². The van der Waals surface area contributed by atoms with Crippen LogP contribution in [0.1, 0.15) is 0 Å². The molecule has 0 radical (unpaired) electrons. The Balaban J connectivity index is 2.33. The van der Waals surface area contributed by atoms with Gasteiger partial charge in [-0.3, -0.25) is 0 Å². The van der Waals surface area contributed by atoms with Gasteiger partial charge in [-0.25, -0.2) is 14.4 Å². The third kappa shape index (κ3) is 1.68. The molecule has 18 heavy (non-hydrogen) atoms. The number of nitrogen functional groups attached to an aromatic ring is 1. The molecule has 0 spiro atoms. The summed E-state index contributed by atoms with van der Waals surface area (Å²) < 4.78 is 13.3. The predicted molar refractivity (Wildman–Crippen MR) is 69.3 cm³/mol. The first-order chi connectivity index (χ1) is 8.75. The molecular weight excluding hydrogens is 229 g/mol. The monoisotopic (exact) mass is 239 g/mol. The first kappa shape index (κ1) is 10.7. The average Bonchev–Trinajstić information content (AvgIpc) is 2.39. The van der Waals surface area contributed by atoms with E-state index in [-0.39, 0.29) is 5.82 Å². The van der Waals surface area contributed by atoms with Crippen LogP contribution in [0, 0.1) is 5.82 Å². The predicted octanol–water partition coefficient (Wildman–Crippen LogP) is 3.02. The molecular formula is C14H10FN3. The molecule has 0 aliphatic carbocycles. The fourth-order valence-electron chi connectivity index (χ4n) is 1.98. The number of hydrogen-bond acceptors (Lipinski definition) is 3. The molecule has 0 atom stereocenters. The molecule has 88 valence electrons. The molecule has 0 bridgehead atoms. The molecule has 0 unspecified atom stereocenters. The summed E-state index contributed by atoms with van der Waals surface area (Å²) in [6, 6.07) is 11.8. The third-order valence-corrected chi connectivity index (χ3v) is 2.79. The van der Waals surface area contributed by atoms with Crippen LogP contribution >= 0.6 is 0 Å². The van der Waals surface area contributed by atoms with E-state index in [1.807, 2.05) is 18.2 Å². The van der Waals surface area contributed by atoms with Crippen molar-refractivity contribution in [3.05, 3.63) is 54.6 Å². The average molecular weight is 239 g/mol. The van der Waals surface area contributed by atoms with Gasteiger partial charge in [-0.1, -0.05) is 24.3 Å². The number of fused-ring (bicyclic) bond motifs is 1. The zero-order valence-corrected chi connectivity index (χ0v) is 9.47. The second-order valence-electron chi connectivity index (χ2n) is 3.98. The molecule has 2 N–H and O–H groups in total. The van der Waals surface area contributed by atoms with Gasteiger partial charge >= 0.3 is 0 Å². The molecule has 1 aromatic heterocycles. The Hall–Kier alpha value is -2.49. The summed E-state index contributed by atoms with van der Waals surface area (Å²) >= 11 is 0. The summed E-state index contributed by atoms with van der Waals surface area (Å²) in [5.74, 6) is -0.289. The smallest absolute Gasteiger partial charge is 0.123 e. The molecule has 3 aromatic rings. The number of benzene rings is 2. The van der Waals surface area contributed by atoms with E-state index in [2.05, 4.69) is 9.97 Å². The maximum absolute atomic E-state index is 13.3. The van der Waals surface area contributed by atoms with Crippen molar-refractivity contribution in [1.82, 2.24) is 9.97 Å². The quantitative estimate of drug-likeness (QED) is 0.664. The second kappa shape index (κ2) is 4.07. The van der Waals surface area contributed by atoms with Gasteiger partial charge in [0.25, 0.3) is 0 Å². The van der Waals surface area contributed by atoms with Crippen molar-refractivity contribution >= 4 is 16.6 Å². The van der Waals surface area contributed by atoms with Crippen LogP contribution in [0.4, 0.5) is 10.1 Å². The topological polar surface area (TPSA) is 51.8 Å². The molecule has 2 aromatic carbocycles. The van der Waals surface area contributed by atoms with E-state index < -0.39 is 0 Å². The number of halogens is 1. The number of anilines is 1. The van der Waals surface area contributed by atoms with Crippen LogP contribution in [0.15, 0.2) is 48.8 Å². The van der Waals surface area contributed by atoms with E-state index in [0.29, 0.717) is 22.5 Å². The molecule has 0 saturated carbocycles. The zero-order valence-electron chi connectivity index (χ0n) is 9.47. The van der Waals surface area contributed by atoms with Crippen LogP contribution in [0.5, 0.6) is 0 Å². The molecule has 4 heteroatoms. The van der Waals surface area contributed by atoms with Crippen LogP contribution in [0.2, 0.25) is 0 Å². The van der Waals surface area contributed by atoms with Crippen molar-refractivity contribution in [1.29, 1.82) is 0 Å². The minimum atomic E-state index is -0.289. The lowest BCUT2D eigenvalue weighted by atomic mass is 10.1. The Bertz CT molecular complexity index is 725. The normalized spacial score (nSPS) is 10.7. The summed E-state index contributed by atoms with van der Waals surface area (Å²) in [6.45, 7) is 0. The number of nitrogens with two attached hydrogens (primary N) is 1. The number of nitrogens with zero attached hydrogens (tertiary/aromatic N) is 2. The lowest BCUT2D eigenvalue weighted by Crippen LogP contribution is -1.93. The Kier molecular flexibility index (Phi) is 2.41. The fourth-order valence-corrected chi connectivity index (χ4v) is 1.98. The molecule has 3 rings (SSSR count). The van der Waals surface area contributed by atoms with Gasteiger partial charge in [0.2, 0.25) is 0 Å². The van der Waals surface area contributed by atoms with Gasteiger partial charge in [0.15, 0.2) is 0 Å². The first-order valence-corrected chi connectivity index (χ1v) is 5.51. The molecule has 0 saturated heterocycles. The van der Waals surface area contributed by atoms with Gasteiger partial charge in [-0.2, -0.15) is 0 Å². The van der Waals surface area contributed by atoms with Crippen LogP contribution in [0.3, 0.4) is 0 Å². The molecule has 0 aliphatic rings. The van der Waals surface area contributed by atoms with E-state index in [4.69, 9.17) is 5.73 Å². The van der Waals surface area contributed by atoms with Gasteiger partial charge in [-0.05, 0) is 18.2 Å². The van der Waals surface area contributed by atoms with E-state index >= 15 is 0 Å². The Morgan fingerprint density at radius 3 is 2.67 bits per heavy atom. The van der Waals surface area contributed by atoms with Gasteiger partial charge in [0.05, 0.1) is 16.9 Å². The zero-order chi connectivity index (χ0) is 12.5. The van der Waals surface area contributed by atoms with Crippen LogP contribution < -0.4 is 5.73 Å². The highest BCUT2D eigenvalue weighted by atomic mass is 19.1. The van der Waals surface area contributed by atoms with Crippen molar-refractivity contribution in [3.8, 4) is 11.3 Å². The number of aromatic nitrogens is 2. The fraction of sp³-hybridized carbons (Fsp3) is 0. The number of para-hydroxylation sites is 1. The first-order valence-electron chi connectivity index (χ1n) is 5.51. The minimum Gasteiger partial charge on any atom is -0.397 e. The molecule has 0 aliphatic heterocycles. The third-order valence-electron chi connectivity index (χ3n) is 2.79. The highest BCUT2D eigenvalue weighted by Gasteiger charge is 2.08. The molecule has 0 amide bonds. The summed E-state index contributed by atoms with van der Waals surface area (Å²) in [5, 5.41) is 0.822. The molecule has 3 nitrogen and oxygen atoms in total. The second-order valence-corrected chi connectivity index (χ2v) is 3.98. The maximum Gasteiger partial charge on any atom is 0.123 e. The number of rotatable bonds is 1. The van der Waals surface area contributed by atoms with Crippen LogP contribution in [-0.4, -0.2) is 9.97 Å². The van der Waals surface area contributed by atoms with Gasteiger partial charge in [0, 0.05) is 10.9 Å². The van der Waals surface area contributed by atoms with Crippen molar-refractivity contribution in [2.24, 2.45) is 0 Å². The number of hydrogen-bond donors (Lipinski definition) is 1. The summed E-state index contributed by atoms with van der Waals surface area (Å²) in [7, 11) is 0. The lowest BCUT2D eigenvalue weighted by Gasteiger charge is -2.06. The Morgan fingerprint density at radius 1 is 1.00 bits per heavy atom. The van der Waals surface area contributed by atoms with E-state index in [9.17, 15) is 4.39 Å². The maximum atomic E-state index is 13.3. The molecule has 0 fully saturated rings. The van der Waals surface area contributed by atoms with Gasteiger partial charge in [-0.15, -0.1) is 0 Å². The van der Waals surface area contributed by atoms with Gasteiger partial charge < -0.3 is 5.73 Å². The summed E-state index contributed by atoms with van der Waals surface area (Å²) in [4.78, 5) is 8.39. The molecule has 1 heterocycles. The highest BCUT2D eigenvalue weighted by Crippen LogP contribution is 2.28. The minimum absolute atomic E-state index is 0.289. The van der Waals surface area contributed by atoms with Crippen LogP contribution in [-0.2, 0) is 0 Å². The van der Waals surface area contributed by atoms with Crippen LogP contribution in [0.25, 0.3) is 22.2 Å². The summed E-state index contributed by atoms with van der Waals surface area (Å²) in [6.07, 6.45) is 1.44. The largest absolute Gasteiger partial charge is 0.397 e. The van der Waals surface area contributed by atoms with E-state index in [1.54, 1.807) is 12.1 Å². The SMILES string of the molecule is Nc1cccc2c(-c3cccc(F)c3)ncnc12. The Labute approximate surface area is 103 Å². The highest BCUT2D eigenvalue weighted by molar-refractivity contribution is 5.97. The standard InChI is InChI=1S/C14H10FN3/c15-10-4-1-3-9(7-10)13-11-5-2-6-12(16)14(11)18-8-17-13/h1-8H,16H2.